The van der Waals surface area contributed by atoms with Crippen molar-refractivity contribution in [2.75, 3.05) is 0 Å². The van der Waals surface area contributed by atoms with Gasteiger partial charge in [0.05, 0.1) is 0 Å². The van der Waals surface area contributed by atoms with Crippen molar-refractivity contribution >= 4 is 32.3 Å². The maximum absolute atomic E-state index is 5.46. The first-order valence-electron chi connectivity index (χ1n) is 17.1. The van der Waals surface area contributed by atoms with Crippen LogP contribution < -0.4 is 0 Å². The maximum Gasteiger partial charge on any atom is 0.165 e. The van der Waals surface area contributed by atoms with Gasteiger partial charge in [0, 0.05) is 22.1 Å². The van der Waals surface area contributed by atoms with Crippen molar-refractivity contribution < 1.29 is 0 Å². The Morgan fingerprint density at radius 3 is 1.86 bits per heavy atom. The molecule has 0 bridgehead atoms. The number of benzene rings is 8. The molecule has 8 aromatic carbocycles. The Hall–Kier alpha value is -6.45. The molecule has 1 aliphatic rings. The molecule has 0 saturated carbocycles. The summed E-state index contributed by atoms with van der Waals surface area (Å²) in [7, 11) is 0. The molecule has 0 fully saturated rings. The van der Waals surface area contributed by atoms with Gasteiger partial charge in [-0.1, -0.05) is 164 Å². The molecule has 50 heavy (non-hydrogen) atoms. The zero-order valence-electron chi connectivity index (χ0n) is 27.5. The third-order valence-electron chi connectivity index (χ3n) is 10.6. The standard InChI is InChI=1S/C47H31N3/c1-47(33-19-6-3-7-20-33)41-26-13-12-23-36(41)38-24-14-25-39(43(38)47)45-48-44(31-16-4-2-5-17-31)49-46(50-45)42-35-22-11-9-18-32(35)29-40-34-21-10-8-15-30(34)27-28-37(40)42/h2-29H,1H3. The fourth-order valence-corrected chi connectivity index (χ4v) is 8.25. The van der Waals surface area contributed by atoms with E-state index in [1.807, 2.05) is 18.2 Å². The summed E-state index contributed by atoms with van der Waals surface area (Å²) in [5, 5.41) is 7.01. The molecule has 0 spiro atoms. The highest BCUT2D eigenvalue weighted by Crippen LogP contribution is 2.55. The Bertz CT molecular complexity index is 2770. The summed E-state index contributed by atoms with van der Waals surface area (Å²) >= 11 is 0. The highest BCUT2D eigenvalue weighted by Gasteiger charge is 2.43. The summed E-state index contributed by atoms with van der Waals surface area (Å²) in [6.45, 7) is 2.35. The number of fused-ring (bicyclic) bond motifs is 7. The third kappa shape index (κ3) is 4.20. The largest absolute Gasteiger partial charge is 0.208 e. The lowest BCUT2D eigenvalue weighted by atomic mass is 9.72. The number of aromatic nitrogens is 3. The van der Waals surface area contributed by atoms with Crippen molar-refractivity contribution in [2.24, 2.45) is 0 Å². The minimum Gasteiger partial charge on any atom is -0.208 e. The molecule has 1 atom stereocenters. The van der Waals surface area contributed by atoms with Crippen LogP contribution in [-0.4, -0.2) is 15.0 Å². The molecule has 1 aromatic heterocycles. The van der Waals surface area contributed by atoms with E-state index in [9.17, 15) is 0 Å². The number of hydrogen-bond donors (Lipinski definition) is 0. The molecule has 0 N–H and O–H groups in total. The van der Waals surface area contributed by atoms with Crippen molar-refractivity contribution in [3.8, 4) is 45.3 Å². The Balaban J connectivity index is 1.31. The minimum atomic E-state index is -0.408. The number of rotatable bonds is 4. The molecule has 0 saturated heterocycles. The fraction of sp³-hybridized carbons (Fsp3) is 0.0426. The predicted molar refractivity (Wildman–Crippen MR) is 206 cm³/mol. The highest BCUT2D eigenvalue weighted by atomic mass is 15.0. The summed E-state index contributed by atoms with van der Waals surface area (Å²) in [5.41, 5.74) is 8.80. The van der Waals surface area contributed by atoms with Gasteiger partial charge in [-0.2, -0.15) is 0 Å². The van der Waals surface area contributed by atoms with Gasteiger partial charge >= 0.3 is 0 Å². The van der Waals surface area contributed by atoms with Gasteiger partial charge in [0.1, 0.15) is 0 Å². The van der Waals surface area contributed by atoms with E-state index in [0.29, 0.717) is 17.5 Å². The summed E-state index contributed by atoms with van der Waals surface area (Å²) in [6.07, 6.45) is 0. The van der Waals surface area contributed by atoms with E-state index in [1.54, 1.807) is 0 Å². The Kier molecular flexibility index (Phi) is 6.31. The molecule has 9 aromatic rings. The lowest BCUT2D eigenvalue weighted by Gasteiger charge is -2.30. The Labute approximate surface area is 290 Å². The molecule has 10 rings (SSSR count). The summed E-state index contributed by atoms with van der Waals surface area (Å²) in [5.74, 6) is 1.99. The smallest absolute Gasteiger partial charge is 0.165 e. The zero-order chi connectivity index (χ0) is 33.2. The maximum atomic E-state index is 5.46. The molecular formula is C47H31N3. The quantitative estimate of drug-likeness (QED) is 0.142. The van der Waals surface area contributed by atoms with Gasteiger partial charge in [0.2, 0.25) is 0 Å². The van der Waals surface area contributed by atoms with Gasteiger partial charge in [-0.25, -0.2) is 15.0 Å². The first-order valence-corrected chi connectivity index (χ1v) is 17.1. The number of nitrogens with zero attached hydrogens (tertiary/aromatic N) is 3. The van der Waals surface area contributed by atoms with Crippen LogP contribution in [0.1, 0.15) is 23.6 Å². The van der Waals surface area contributed by atoms with E-state index in [1.165, 1.54) is 44.0 Å². The molecule has 0 amide bonds. The van der Waals surface area contributed by atoms with Crippen LogP contribution in [-0.2, 0) is 5.41 Å². The molecule has 3 nitrogen and oxygen atoms in total. The SMILES string of the molecule is CC1(c2ccccc2)c2ccccc2-c2cccc(-c3nc(-c4ccccc4)nc(-c4c5ccccc5cc5c4ccc4ccccc45)n3)c21. The average molecular weight is 638 g/mol. The van der Waals surface area contributed by atoms with Gasteiger partial charge in [-0.3, -0.25) is 0 Å². The first-order chi connectivity index (χ1) is 24.7. The summed E-state index contributed by atoms with van der Waals surface area (Å²) < 4.78 is 0. The first kappa shape index (κ1) is 28.6. The second-order valence-corrected chi connectivity index (χ2v) is 13.3. The molecule has 3 heteroatoms. The van der Waals surface area contributed by atoms with E-state index >= 15 is 0 Å². The third-order valence-corrected chi connectivity index (χ3v) is 10.6. The van der Waals surface area contributed by atoms with Crippen LogP contribution in [0.4, 0.5) is 0 Å². The lowest BCUT2D eigenvalue weighted by Crippen LogP contribution is -2.23. The topological polar surface area (TPSA) is 38.7 Å². The van der Waals surface area contributed by atoms with Gasteiger partial charge in [0.25, 0.3) is 0 Å². The average Bonchev–Trinajstić information content (AvgIpc) is 3.46. The van der Waals surface area contributed by atoms with E-state index in [0.717, 1.165) is 32.8 Å². The van der Waals surface area contributed by atoms with Crippen LogP contribution in [0.15, 0.2) is 170 Å². The Morgan fingerprint density at radius 1 is 0.400 bits per heavy atom. The molecule has 234 valence electrons. The molecule has 1 aliphatic carbocycles. The molecule has 1 heterocycles. The minimum absolute atomic E-state index is 0.408. The van der Waals surface area contributed by atoms with Gasteiger partial charge in [-0.05, 0) is 73.1 Å². The van der Waals surface area contributed by atoms with Crippen LogP contribution in [0.3, 0.4) is 0 Å². The van der Waals surface area contributed by atoms with E-state index in [4.69, 9.17) is 15.0 Å². The van der Waals surface area contributed by atoms with Crippen molar-refractivity contribution in [3.05, 3.63) is 187 Å². The van der Waals surface area contributed by atoms with Crippen LogP contribution in [0.25, 0.3) is 77.6 Å². The second-order valence-electron chi connectivity index (χ2n) is 13.3. The van der Waals surface area contributed by atoms with Crippen LogP contribution in [0.2, 0.25) is 0 Å². The Morgan fingerprint density at radius 2 is 1.02 bits per heavy atom. The molecule has 0 radical (unpaired) electrons. The highest BCUT2D eigenvalue weighted by molar-refractivity contribution is 6.19. The van der Waals surface area contributed by atoms with E-state index in [-0.39, 0.29) is 0 Å². The number of hydrogen-bond acceptors (Lipinski definition) is 3. The molecule has 0 aliphatic heterocycles. The second kappa shape index (κ2) is 11.0. The predicted octanol–water partition coefficient (Wildman–Crippen LogP) is 11.7. The van der Waals surface area contributed by atoms with E-state index in [2.05, 4.69) is 159 Å². The van der Waals surface area contributed by atoms with Gasteiger partial charge < -0.3 is 0 Å². The summed E-state index contributed by atoms with van der Waals surface area (Å²) in [4.78, 5) is 16.0. The molecule has 1 unspecified atom stereocenters. The monoisotopic (exact) mass is 637 g/mol. The van der Waals surface area contributed by atoms with Crippen LogP contribution in [0.5, 0.6) is 0 Å². The van der Waals surface area contributed by atoms with Crippen molar-refractivity contribution in [1.29, 1.82) is 0 Å². The van der Waals surface area contributed by atoms with Crippen molar-refractivity contribution in [3.63, 3.8) is 0 Å². The summed E-state index contributed by atoms with van der Waals surface area (Å²) in [6, 6.07) is 60.4. The lowest BCUT2D eigenvalue weighted by molar-refractivity contribution is 0.714. The van der Waals surface area contributed by atoms with Crippen LogP contribution in [0, 0.1) is 0 Å². The fourth-order valence-electron chi connectivity index (χ4n) is 8.25. The molecular weight excluding hydrogens is 607 g/mol. The van der Waals surface area contributed by atoms with Gasteiger partial charge in [0.15, 0.2) is 17.5 Å². The normalized spacial score (nSPS) is 15.0. The van der Waals surface area contributed by atoms with E-state index < -0.39 is 5.41 Å². The zero-order valence-corrected chi connectivity index (χ0v) is 27.5. The van der Waals surface area contributed by atoms with Crippen molar-refractivity contribution in [2.45, 2.75) is 12.3 Å². The van der Waals surface area contributed by atoms with Crippen LogP contribution >= 0.6 is 0 Å². The van der Waals surface area contributed by atoms with Crippen molar-refractivity contribution in [1.82, 2.24) is 15.0 Å². The van der Waals surface area contributed by atoms with Gasteiger partial charge in [-0.15, -0.1) is 0 Å².